The summed E-state index contributed by atoms with van der Waals surface area (Å²) in [6.45, 7) is 3.76. The molecule has 0 saturated carbocycles. The first-order valence-electron chi connectivity index (χ1n) is 9.15. The van der Waals surface area contributed by atoms with Gasteiger partial charge in [-0.25, -0.2) is 4.79 Å². The molecular weight excluding hydrogens is 410 g/mol. The highest BCUT2D eigenvalue weighted by Crippen LogP contribution is 2.28. The van der Waals surface area contributed by atoms with Crippen molar-refractivity contribution in [3.8, 4) is 11.4 Å². The minimum Gasteiger partial charge on any atom is -0.497 e. The Labute approximate surface area is 175 Å². The topological polar surface area (TPSA) is 132 Å². The van der Waals surface area contributed by atoms with Crippen LogP contribution in [0.1, 0.15) is 25.4 Å². The zero-order chi connectivity index (χ0) is 21.7. The number of carbonyl (C=O) groups is 1. The fraction of sp³-hybridized carbons (Fsp3) is 0.316. The summed E-state index contributed by atoms with van der Waals surface area (Å²) < 4.78 is 12.0. The van der Waals surface area contributed by atoms with Crippen LogP contribution < -0.4 is 16.0 Å². The second kappa shape index (κ2) is 9.44. The third-order valence-corrected chi connectivity index (χ3v) is 5.12. The van der Waals surface area contributed by atoms with E-state index in [2.05, 4.69) is 20.2 Å². The number of aromatic nitrogens is 5. The summed E-state index contributed by atoms with van der Waals surface area (Å²) in [6.07, 6.45) is 0.159. The van der Waals surface area contributed by atoms with Crippen molar-refractivity contribution in [1.82, 2.24) is 24.7 Å². The maximum absolute atomic E-state index is 12.1. The molecule has 1 aromatic carbocycles. The second-order valence-electron chi connectivity index (χ2n) is 6.23. The molecule has 10 nitrogen and oxygen atoms in total. The molecule has 3 rings (SSSR count). The smallest absolute Gasteiger partial charge is 0.325 e. The molecule has 0 amide bonds. The molecule has 30 heavy (non-hydrogen) atoms. The molecule has 0 bridgehead atoms. The van der Waals surface area contributed by atoms with Crippen molar-refractivity contribution in [2.24, 2.45) is 0 Å². The van der Waals surface area contributed by atoms with Gasteiger partial charge in [-0.15, -0.1) is 10.2 Å². The third kappa shape index (κ3) is 4.98. The summed E-state index contributed by atoms with van der Waals surface area (Å²) in [5.74, 6) is 0.814. The Bertz CT molecular complexity index is 1110. The van der Waals surface area contributed by atoms with Crippen molar-refractivity contribution in [2.45, 2.75) is 30.7 Å². The Balaban J connectivity index is 2.01. The molecule has 0 aliphatic carbocycles. The van der Waals surface area contributed by atoms with E-state index in [-0.39, 0.29) is 19.0 Å². The average molecular weight is 431 g/mol. The summed E-state index contributed by atoms with van der Waals surface area (Å²) in [5.41, 5.74) is 0.0239. The number of hydrogen-bond donors (Lipinski definition) is 2. The molecule has 0 saturated heterocycles. The van der Waals surface area contributed by atoms with E-state index in [1.807, 2.05) is 12.1 Å². The van der Waals surface area contributed by atoms with Crippen LogP contribution in [0.4, 0.5) is 0 Å². The van der Waals surface area contributed by atoms with E-state index in [0.717, 1.165) is 5.69 Å². The van der Waals surface area contributed by atoms with Crippen LogP contribution in [-0.2, 0) is 16.0 Å². The van der Waals surface area contributed by atoms with Gasteiger partial charge < -0.3 is 14.5 Å². The normalized spacial score (nSPS) is 11.8. The molecule has 0 unspecified atom stereocenters. The Morgan fingerprint density at radius 2 is 1.93 bits per heavy atom. The second-order valence-corrected chi connectivity index (χ2v) is 7.54. The summed E-state index contributed by atoms with van der Waals surface area (Å²) in [4.78, 5) is 40.0. The van der Waals surface area contributed by atoms with E-state index in [4.69, 9.17) is 9.47 Å². The third-order valence-electron chi connectivity index (χ3n) is 4.10. The number of H-pyrrole nitrogens is 2. The molecule has 0 radical (unpaired) electrons. The summed E-state index contributed by atoms with van der Waals surface area (Å²) in [5, 5.41) is 8.41. The molecule has 2 N–H and O–H groups in total. The van der Waals surface area contributed by atoms with Crippen LogP contribution in [0.5, 0.6) is 5.75 Å². The Kier molecular flexibility index (Phi) is 6.72. The summed E-state index contributed by atoms with van der Waals surface area (Å²) >= 11 is 1.20. The SMILES string of the molecule is CCOC(=O)[C@H](C)Sc1nnc(Cc2cc(=O)[nH]c(=O)[nH]2)n1-c1ccc(OC)cc1. The highest BCUT2D eigenvalue weighted by molar-refractivity contribution is 8.00. The maximum Gasteiger partial charge on any atom is 0.325 e. The number of esters is 1. The van der Waals surface area contributed by atoms with E-state index in [1.54, 1.807) is 37.7 Å². The zero-order valence-electron chi connectivity index (χ0n) is 16.7. The number of thioether (sulfide) groups is 1. The van der Waals surface area contributed by atoms with Crippen LogP contribution in [0.3, 0.4) is 0 Å². The van der Waals surface area contributed by atoms with Crippen LogP contribution in [-0.4, -0.2) is 49.7 Å². The predicted molar refractivity (Wildman–Crippen MR) is 110 cm³/mol. The molecule has 3 aromatic rings. The number of rotatable bonds is 8. The fourth-order valence-electron chi connectivity index (χ4n) is 2.73. The van der Waals surface area contributed by atoms with Crippen LogP contribution in [0.15, 0.2) is 45.1 Å². The number of nitrogens with zero attached hydrogens (tertiary/aromatic N) is 3. The number of methoxy groups -OCH3 is 1. The van der Waals surface area contributed by atoms with E-state index < -0.39 is 16.5 Å². The van der Waals surface area contributed by atoms with Gasteiger partial charge in [-0.3, -0.25) is 19.1 Å². The lowest BCUT2D eigenvalue weighted by Gasteiger charge is -2.13. The summed E-state index contributed by atoms with van der Waals surface area (Å²) in [7, 11) is 1.57. The Morgan fingerprint density at radius 1 is 1.20 bits per heavy atom. The van der Waals surface area contributed by atoms with Gasteiger partial charge in [0.1, 0.15) is 16.8 Å². The largest absolute Gasteiger partial charge is 0.497 e. The van der Waals surface area contributed by atoms with Gasteiger partial charge in [0, 0.05) is 23.9 Å². The van der Waals surface area contributed by atoms with Crippen molar-refractivity contribution in [3.63, 3.8) is 0 Å². The molecule has 11 heteroatoms. The highest BCUT2D eigenvalue weighted by atomic mass is 32.2. The molecule has 0 fully saturated rings. The first-order chi connectivity index (χ1) is 14.4. The molecule has 2 heterocycles. The first-order valence-corrected chi connectivity index (χ1v) is 10.0. The van der Waals surface area contributed by atoms with Crippen LogP contribution >= 0.6 is 11.8 Å². The standard InChI is InChI=1S/C19H21N5O5S/c1-4-29-17(26)11(2)30-19-23-22-15(9-12-10-16(25)21-18(27)20-12)24(19)13-5-7-14(28-3)8-6-13/h5-8,10-11H,4,9H2,1-3H3,(H2,20,21,25,27)/t11-/m0/s1. The molecular formula is C19H21N5O5S. The van der Waals surface area contributed by atoms with Crippen molar-refractivity contribution in [3.05, 3.63) is 62.7 Å². The predicted octanol–water partition coefficient (Wildman–Crippen LogP) is 1.29. The molecule has 2 aromatic heterocycles. The van der Waals surface area contributed by atoms with E-state index in [1.165, 1.54) is 17.8 Å². The van der Waals surface area contributed by atoms with Crippen molar-refractivity contribution >= 4 is 17.7 Å². The number of aromatic amines is 2. The van der Waals surface area contributed by atoms with Gasteiger partial charge in [-0.05, 0) is 38.1 Å². The van der Waals surface area contributed by atoms with Gasteiger partial charge in [0.25, 0.3) is 5.56 Å². The van der Waals surface area contributed by atoms with Gasteiger partial charge in [0.15, 0.2) is 5.16 Å². The molecule has 0 aliphatic rings. The molecule has 158 valence electrons. The molecule has 0 spiro atoms. The van der Waals surface area contributed by atoms with Gasteiger partial charge in [-0.2, -0.15) is 0 Å². The van der Waals surface area contributed by atoms with E-state index in [0.29, 0.717) is 22.4 Å². The minimum atomic E-state index is -0.599. The monoisotopic (exact) mass is 431 g/mol. The Hall–Kier alpha value is -3.34. The first kappa shape index (κ1) is 21.4. The van der Waals surface area contributed by atoms with Crippen LogP contribution in [0.2, 0.25) is 0 Å². The number of benzene rings is 1. The lowest BCUT2D eigenvalue weighted by molar-refractivity contribution is -0.142. The number of carbonyl (C=O) groups excluding carboxylic acids is 1. The van der Waals surface area contributed by atoms with Crippen molar-refractivity contribution in [1.29, 1.82) is 0 Å². The minimum absolute atomic E-state index is 0.159. The molecule has 0 aliphatic heterocycles. The lowest BCUT2D eigenvalue weighted by atomic mass is 10.2. The van der Waals surface area contributed by atoms with Crippen LogP contribution in [0, 0.1) is 0 Å². The number of nitrogens with one attached hydrogen (secondary N) is 2. The number of ether oxygens (including phenoxy) is 2. The van der Waals surface area contributed by atoms with Crippen molar-refractivity contribution in [2.75, 3.05) is 13.7 Å². The lowest BCUT2D eigenvalue weighted by Crippen LogP contribution is -2.23. The quantitative estimate of drug-likeness (QED) is 0.403. The van der Waals surface area contributed by atoms with Gasteiger partial charge in [-0.1, -0.05) is 11.8 Å². The zero-order valence-corrected chi connectivity index (χ0v) is 17.5. The van der Waals surface area contributed by atoms with Gasteiger partial charge in [0.2, 0.25) is 0 Å². The van der Waals surface area contributed by atoms with E-state index >= 15 is 0 Å². The van der Waals surface area contributed by atoms with Gasteiger partial charge >= 0.3 is 11.7 Å². The van der Waals surface area contributed by atoms with E-state index in [9.17, 15) is 14.4 Å². The highest BCUT2D eigenvalue weighted by Gasteiger charge is 2.22. The maximum atomic E-state index is 12.1. The van der Waals surface area contributed by atoms with Crippen molar-refractivity contribution < 1.29 is 14.3 Å². The average Bonchev–Trinajstić information content (AvgIpc) is 3.09. The Morgan fingerprint density at radius 3 is 2.57 bits per heavy atom. The van der Waals surface area contributed by atoms with Gasteiger partial charge in [0.05, 0.1) is 13.7 Å². The summed E-state index contributed by atoms with van der Waals surface area (Å²) in [6, 6.07) is 8.52. The number of hydrogen-bond acceptors (Lipinski definition) is 8. The van der Waals surface area contributed by atoms with Crippen LogP contribution in [0.25, 0.3) is 5.69 Å². The molecule has 1 atom stereocenters. The fourth-order valence-corrected chi connectivity index (χ4v) is 3.62.